The van der Waals surface area contributed by atoms with Crippen molar-refractivity contribution >= 4 is 35.3 Å². The van der Waals surface area contributed by atoms with Gasteiger partial charge in [0, 0.05) is 17.0 Å². The van der Waals surface area contributed by atoms with Crippen LogP contribution < -0.4 is 5.46 Å². The van der Waals surface area contributed by atoms with Gasteiger partial charge in [0.2, 0.25) is 11.8 Å². The fraction of sp³-hybridized carbons (Fsp3) is 0.560. The molecule has 2 aliphatic heterocycles. The molecule has 2 aromatic rings. The van der Waals surface area contributed by atoms with Crippen LogP contribution >= 0.6 is 0 Å². The molecular formula is C25H35BFN3O4. The Morgan fingerprint density at radius 1 is 1.12 bits per heavy atom. The molecule has 1 atom stereocenters. The molecule has 1 fully saturated rings. The molecule has 7 nitrogen and oxygen atoms in total. The maximum Gasteiger partial charge on any atom is 0.500 e. The van der Waals surface area contributed by atoms with Crippen molar-refractivity contribution in [3.05, 3.63) is 35.8 Å². The zero-order valence-electron chi connectivity index (χ0n) is 21.6. The largest absolute Gasteiger partial charge is 0.500 e. The van der Waals surface area contributed by atoms with Gasteiger partial charge in [-0.25, -0.2) is 14.4 Å². The molecule has 1 aromatic carbocycles. The molecule has 2 aliphatic rings. The van der Waals surface area contributed by atoms with Gasteiger partial charge in [0.25, 0.3) is 0 Å². The highest BCUT2D eigenvalue weighted by Crippen LogP contribution is 2.37. The maximum absolute atomic E-state index is 14.5. The van der Waals surface area contributed by atoms with Crippen LogP contribution in [-0.2, 0) is 18.8 Å². The number of hydrogen-bond donors (Lipinski definition) is 0. The lowest BCUT2D eigenvalue weighted by Crippen LogP contribution is -2.41. The van der Waals surface area contributed by atoms with E-state index in [1.807, 2.05) is 46.8 Å². The van der Waals surface area contributed by atoms with Crippen molar-refractivity contribution in [1.82, 2.24) is 4.98 Å². The van der Waals surface area contributed by atoms with E-state index in [9.17, 15) is 4.39 Å². The number of hydrogen-bond acceptors (Lipinski definition) is 7. The molecule has 0 spiro atoms. The van der Waals surface area contributed by atoms with Crippen LogP contribution in [0.4, 0.5) is 4.39 Å². The Kier molecular flexibility index (Phi) is 7.67. The second kappa shape index (κ2) is 10.00. The molecule has 1 aromatic heterocycles. The second-order valence-electron chi connectivity index (χ2n) is 9.85. The first-order valence-corrected chi connectivity index (χ1v) is 11.5. The third-order valence-corrected chi connectivity index (χ3v) is 6.56. The number of methoxy groups -OCH3 is 2. The Labute approximate surface area is 201 Å². The lowest BCUT2D eigenvalue weighted by Gasteiger charge is -2.32. The first-order chi connectivity index (χ1) is 15.9. The predicted molar refractivity (Wildman–Crippen MR) is 135 cm³/mol. The number of rotatable bonds is 2. The number of fused-ring (bicyclic) bond motifs is 1. The van der Waals surface area contributed by atoms with E-state index < -0.39 is 18.3 Å². The Hall–Kier alpha value is -2.52. The SMILES string of the molecule is COC1=NC(C(C)C)C(OC)=NC1.Cc1cc(F)c(B2OC(C)(C)C(C)(C)O2)c2ncccc12. The number of benzene rings is 1. The standard InChI is InChI=1S/C16H19BFNO2.C9H16N2O2/c1-10-9-12(18)13(14-11(10)7-6-8-19-14)17-20-15(2,3)16(4,5)21-17;1-6(2)8-9(13-4)10-5-7(11-8)12-3/h6-9H,1-5H3;6,8H,5H2,1-4H3. The van der Waals surface area contributed by atoms with E-state index in [1.165, 1.54) is 6.07 Å². The highest BCUT2D eigenvalue weighted by molar-refractivity contribution is 6.65. The van der Waals surface area contributed by atoms with Gasteiger partial charge in [0.05, 0.1) is 30.9 Å². The van der Waals surface area contributed by atoms with Crippen LogP contribution in [0.15, 0.2) is 34.4 Å². The summed E-state index contributed by atoms with van der Waals surface area (Å²) in [5.41, 5.74) is 0.839. The highest BCUT2D eigenvalue weighted by atomic mass is 19.1. The number of aryl methyl sites for hydroxylation is 1. The van der Waals surface area contributed by atoms with E-state index in [1.54, 1.807) is 20.4 Å². The van der Waals surface area contributed by atoms with Crippen molar-refractivity contribution in [1.29, 1.82) is 0 Å². The van der Waals surface area contributed by atoms with Crippen LogP contribution in [0, 0.1) is 18.7 Å². The molecule has 34 heavy (non-hydrogen) atoms. The molecule has 0 amide bonds. The zero-order chi connectivity index (χ0) is 25.3. The predicted octanol–water partition coefficient (Wildman–Crippen LogP) is 4.10. The molecule has 0 bridgehead atoms. The topological polar surface area (TPSA) is 74.5 Å². The van der Waals surface area contributed by atoms with E-state index in [2.05, 4.69) is 28.8 Å². The van der Waals surface area contributed by atoms with Gasteiger partial charge in [-0.05, 0) is 58.2 Å². The zero-order valence-corrected chi connectivity index (χ0v) is 21.6. The fourth-order valence-corrected chi connectivity index (χ4v) is 3.81. The van der Waals surface area contributed by atoms with Crippen LogP contribution in [-0.4, -0.2) is 61.9 Å². The van der Waals surface area contributed by atoms with Crippen molar-refractivity contribution < 1.29 is 23.2 Å². The van der Waals surface area contributed by atoms with E-state index in [-0.39, 0.29) is 11.9 Å². The number of halogens is 1. The lowest BCUT2D eigenvalue weighted by atomic mass is 9.76. The van der Waals surface area contributed by atoms with Crippen LogP contribution in [0.1, 0.15) is 47.1 Å². The van der Waals surface area contributed by atoms with Crippen LogP contribution in [0.5, 0.6) is 0 Å². The molecule has 0 radical (unpaired) electrons. The van der Waals surface area contributed by atoms with Crippen molar-refractivity contribution in [3.8, 4) is 0 Å². The molecule has 0 N–H and O–H groups in total. The van der Waals surface area contributed by atoms with Gasteiger partial charge in [-0.2, -0.15) is 0 Å². The number of pyridine rings is 1. The number of ether oxygens (including phenoxy) is 2. The quantitative estimate of drug-likeness (QED) is 0.617. The molecule has 0 saturated carbocycles. The number of aliphatic imine (C=N–C) groups is 2. The number of aromatic nitrogens is 1. The normalized spacial score (nSPS) is 21.0. The van der Waals surface area contributed by atoms with E-state index in [0.717, 1.165) is 10.9 Å². The van der Waals surface area contributed by atoms with Gasteiger partial charge >= 0.3 is 7.12 Å². The Morgan fingerprint density at radius 2 is 1.76 bits per heavy atom. The molecule has 4 rings (SSSR count). The summed E-state index contributed by atoms with van der Waals surface area (Å²) in [5.74, 6) is 1.43. The van der Waals surface area contributed by atoms with Crippen molar-refractivity contribution in [3.63, 3.8) is 0 Å². The van der Waals surface area contributed by atoms with Gasteiger partial charge < -0.3 is 18.8 Å². The van der Waals surface area contributed by atoms with E-state index in [0.29, 0.717) is 35.2 Å². The summed E-state index contributed by atoms with van der Waals surface area (Å²) in [6, 6.07) is 5.31. The molecule has 0 aliphatic carbocycles. The average molecular weight is 471 g/mol. The summed E-state index contributed by atoms with van der Waals surface area (Å²) in [6.45, 7) is 14.3. The van der Waals surface area contributed by atoms with Gasteiger partial charge in [-0.3, -0.25) is 4.98 Å². The lowest BCUT2D eigenvalue weighted by molar-refractivity contribution is 0.00578. The summed E-state index contributed by atoms with van der Waals surface area (Å²) in [4.78, 5) is 13.0. The number of nitrogens with zero attached hydrogens (tertiary/aromatic N) is 3. The minimum atomic E-state index is -0.743. The van der Waals surface area contributed by atoms with Gasteiger partial charge in [-0.1, -0.05) is 19.9 Å². The first-order valence-electron chi connectivity index (χ1n) is 11.5. The average Bonchev–Trinajstić information content (AvgIpc) is 3.00. The molecule has 184 valence electrons. The van der Waals surface area contributed by atoms with Crippen LogP contribution in [0.3, 0.4) is 0 Å². The highest BCUT2D eigenvalue weighted by Gasteiger charge is 2.53. The summed E-state index contributed by atoms with van der Waals surface area (Å²) in [6.07, 6.45) is 1.66. The van der Waals surface area contributed by atoms with Gasteiger partial charge in [0.15, 0.2) is 0 Å². The molecular weight excluding hydrogens is 436 g/mol. The maximum atomic E-state index is 14.5. The molecule has 3 heterocycles. The van der Waals surface area contributed by atoms with Gasteiger partial charge in [-0.15, -0.1) is 0 Å². The van der Waals surface area contributed by atoms with Crippen LogP contribution in [0.2, 0.25) is 0 Å². The second-order valence-corrected chi connectivity index (χ2v) is 9.85. The molecule has 9 heteroatoms. The minimum absolute atomic E-state index is 0.00806. The molecule has 1 saturated heterocycles. The fourth-order valence-electron chi connectivity index (χ4n) is 3.81. The third kappa shape index (κ3) is 5.10. The van der Waals surface area contributed by atoms with Crippen molar-refractivity contribution in [2.24, 2.45) is 15.9 Å². The van der Waals surface area contributed by atoms with Crippen molar-refractivity contribution in [2.75, 3.05) is 20.8 Å². The van der Waals surface area contributed by atoms with Crippen molar-refractivity contribution in [2.45, 2.75) is 65.7 Å². The third-order valence-electron chi connectivity index (χ3n) is 6.56. The van der Waals surface area contributed by atoms with Crippen LogP contribution in [0.25, 0.3) is 10.9 Å². The summed E-state index contributed by atoms with van der Waals surface area (Å²) < 4.78 is 36.7. The van der Waals surface area contributed by atoms with E-state index >= 15 is 0 Å². The van der Waals surface area contributed by atoms with E-state index in [4.69, 9.17) is 18.8 Å². The summed E-state index contributed by atoms with van der Waals surface area (Å²) in [7, 11) is 2.50. The Balaban J connectivity index is 0.000000215. The van der Waals surface area contributed by atoms with Gasteiger partial charge in [0.1, 0.15) is 18.4 Å². The Bertz CT molecular complexity index is 1090. The first kappa shape index (κ1) is 26.1. The summed E-state index contributed by atoms with van der Waals surface area (Å²) >= 11 is 0. The minimum Gasteiger partial charge on any atom is -0.483 e. The smallest absolute Gasteiger partial charge is 0.483 e. The molecule has 1 unspecified atom stereocenters. The monoisotopic (exact) mass is 471 g/mol. The summed E-state index contributed by atoms with van der Waals surface area (Å²) in [5, 5.41) is 0.920. The Morgan fingerprint density at radius 3 is 2.32 bits per heavy atom.